The zero-order chi connectivity index (χ0) is 15.2. The van der Waals surface area contributed by atoms with Crippen LogP contribution in [0, 0.1) is 5.92 Å². The highest BCUT2D eigenvalue weighted by atomic mass is 35.5. The van der Waals surface area contributed by atoms with E-state index in [0.717, 1.165) is 11.5 Å². The molecule has 1 aliphatic carbocycles. The number of carbonyl (C=O) groups excluding carboxylic acids is 1. The second-order valence-electron chi connectivity index (χ2n) is 6.39. The molecule has 1 aromatic rings. The maximum atomic E-state index is 12.1. The largest absolute Gasteiger partial charge is 0.347 e. The Kier molecular flexibility index (Phi) is 6.07. The molecule has 1 unspecified atom stereocenters. The monoisotopic (exact) mass is 309 g/mol. The molecule has 1 aromatic carbocycles. The number of likely N-dealkylation sites (N-methyl/N-ethyl adjacent to an activating group) is 1. The van der Waals surface area contributed by atoms with Crippen LogP contribution in [0.3, 0.4) is 0 Å². The average molecular weight is 310 g/mol. The van der Waals surface area contributed by atoms with E-state index >= 15 is 0 Å². The molecule has 3 nitrogen and oxygen atoms in total. The number of amides is 1. The fourth-order valence-electron chi connectivity index (χ4n) is 3.06. The maximum absolute atomic E-state index is 12.1. The molecule has 1 saturated carbocycles. The number of carbonyl (C=O) groups is 1. The quantitative estimate of drug-likeness (QED) is 0.857. The van der Waals surface area contributed by atoms with E-state index in [0.29, 0.717) is 24.2 Å². The Morgan fingerprint density at radius 3 is 2.71 bits per heavy atom. The van der Waals surface area contributed by atoms with Gasteiger partial charge < -0.3 is 10.2 Å². The van der Waals surface area contributed by atoms with Crippen LogP contribution < -0.4 is 10.2 Å². The van der Waals surface area contributed by atoms with E-state index in [1.54, 1.807) is 0 Å². The third-order valence-corrected chi connectivity index (χ3v) is 4.77. The van der Waals surface area contributed by atoms with Gasteiger partial charge in [0, 0.05) is 11.6 Å². The number of benzene rings is 1. The van der Waals surface area contributed by atoms with Crippen LogP contribution in [0.15, 0.2) is 24.3 Å². The lowest BCUT2D eigenvalue weighted by atomic mass is 9.87. The third-order valence-electron chi connectivity index (χ3n) is 4.53. The van der Waals surface area contributed by atoms with Gasteiger partial charge in [-0.25, -0.2) is 0 Å². The molecule has 0 aromatic heterocycles. The van der Waals surface area contributed by atoms with E-state index in [4.69, 9.17) is 11.6 Å². The Balaban J connectivity index is 1.74. The molecule has 1 atom stereocenters. The van der Waals surface area contributed by atoms with Gasteiger partial charge in [0.05, 0.1) is 13.1 Å². The summed E-state index contributed by atoms with van der Waals surface area (Å²) in [6.45, 7) is 3.43. The SMILES string of the molecule is CC1CCC([NH+](C)CC(=O)NCc2cccc(Cl)c2)CC1. The van der Waals surface area contributed by atoms with Gasteiger partial charge in [0.25, 0.3) is 5.91 Å². The van der Waals surface area contributed by atoms with Crippen molar-refractivity contribution in [2.24, 2.45) is 5.92 Å². The average Bonchev–Trinajstić information content (AvgIpc) is 2.46. The van der Waals surface area contributed by atoms with Crippen molar-refractivity contribution >= 4 is 17.5 Å². The van der Waals surface area contributed by atoms with Gasteiger partial charge in [0.15, 0.2) is 6.54 Å². The summed E-state index contributed by atoms with van der Waals surface area (Å²) in [6.07, 6.45) is 5.08. The predicted octanol–water partition coefficient (Wildman–Crippen LogP) is 2.05. The Bertz CT molecular complexity index is 470. The smallest absolute Gasteiger partial charge is 0.275 e. The van der Waals surface area contributed by atoms with E-state index in [2.05, 4.69) is 19.3 Å². The molecule has 0 spiro atoms. The van der Waals surface area contributed by atoms with E-state index in [1.807, 2.05) is 24.3 Å². The summed E-state index contributed by atoms with van der Waals surface area (Å²) >= 11 is 5.94. The highest BCUT2D eigenvalue weighted by Gasteiger charge is 2.25. The Labute approximate surface area is 132 Å². The number of hydrogen-bond acceptors (Lipinski definition) is 1. The number of rotatable bonds is 5. The lowest BCUT2D eigenvalue weighted by Crippen LogP contribution is -3.14. The fraction of sp³-hybridized carbons (Fsp3) is 0.588. The number of halogens is 1. The summed E-state index contributed by atoms with van der Waals surface area (Å²) in [4.78, 5) is 13.4. The van der Waals surface area contributed by atoms with Crippen molar-refractivity contribution in [3.8, 4) is 0 Å². The molecular weight excluding hydrogens is 284 g/mol. The summed E-state index contributed by atoms with van der Waals surface area (Å²) in [7, 11) is 2.14. The van der Waals surface area contributed by atoms with Crippen molar-refractivity contribution in [1.82, 2.24) is 5.32 Å². The van der Waals surface area contributed by atoms with Gasteiger partial charge in [0.2, 0.25) is 0 Å². The van der Waals surface area contributed by atoms with Crippen molar-refractivity contribution in [3.63, 3.8) is 0 Å². The first-order chi connectivity index (χ1) is 10.0. The summed E-state index contributed by atoms with van der Waals surface area (Å²) in [5, 5.41) is 3.70. The highest BCUT2D eigenvalue weighted by molar-refractivity contribution is 6.30. The lowest BCUT2D eigenvalue weighted by molar-refractivity contribution is -0.899. The van der Waals surface area contributed by atoms with Crippen molar-refractivity contribution in [1.29, 1.82) is 0 Å². The molecule has 21 heavy (non-hydrogen) atoms. The number of nitrogens with one attached hydrogen (secondary N) is 2. The predicted molar refractivity (Wildman–Crippen MR) is 86.5 cm³/mol. The first-order valence-corrected chi connectivity index (χ1v) is 8.26. The molecular formula is C17H26ClN2O+. The third kappa shape index (κ3) is 5.33. The van der Waals surface area contributed by atoms with Gasteiger partial charge in [-0.2, -0.15) is 0 Å². The van der Waals surface area contributed by atoms with Gasteiger partial charge in [0.1, 0.15) is 0 Å². The van der Waals surface area contributed by atoms with Gasteiger partial charge in [-0.05, 0) is 49.3 Å². The van der Waals surface area contributed by atoms with E-state index in [1.165, 1.54) is 30.6 Å². The molecule has 0 radical (unpaired) electrons. The van der Waals surface area contributed by atoms with Crippen molar-refractivity contribution in [2.75, 3.05) is 13.6 Å². The summed E-state index contributed by atoms with van der Waals surface area (Å²) in [5.41, 5.74) is 1.04. The molecule has 4 heteroatoms. The zero-order valence-corrected chi connectivity index (χ0v) is 13.7. The number of quaternary nitrogens is 1. The van der Waals surface area contributed by atoms with Crippen LogP contribution in [0.4, 0.5) is 0 Å². The molecule has 0 aliphatic heterocycles. The normalized spacial score (nSPS) is 23.6. The van der Waals surface area contributed by atoms with E-state index in [9.17, 15) is 4.79 Å². The minimum Gasteiger partial charge on any atom is -0.347 e. The number of hydrogen-bond donors (Lipinski definition) is 2. The highest BCUT2D eigenvalue weighted by Crippen LogP contribution is 2.21. The van der Waals surface area contributed by atoms with Crippen molar-refractivity contribution < 1.29 is 9.69 Å². The molecule has 2 N–H and O–H groups in total. The van der Waals surface area contributed by atoms with Gasteiger partial charge >= 0.3 is 0 Å². The minimum absolute atomic E-state index is 0.117. The summed E-state index contributed by atoms with van der Waals surface area (Å²) < 4.78 is 0. The molecule has 0 heterocycles. The molecule has 0 saturated heterocycles. The Morgan fingerprint density at radius 1 is 1.33 bits per heavy atom. The molecule has 116 valence electrons. The lowest BCUT2D eigenvalue weighted by Gasteiger charge is -2.30. The van der Waals surface area contributed by atoms with Crippen LogP contribution in [0.25, 0.3) is 0 Å². The molecule has 1 aliphatic rings. The first-order valence-electron chi connectivity index (χ1n) is 7.88. The molecule has 1 fully saturated rings. The summed E-state index contributed by atoms with van der Waals surface area (Å²) in [5.74, 6) is 0.969. The van der Waals surface area contributed by atoms with Crippen molar-refractivity contribution in [2.45, 2.75) is 45.2 Å². The van der Waals surface area contributed by atoms with E-state index in [-0.39, 0.29) is 5.91 Å². The Morgan fingerprint density at radius 2 is 2.05 bits per heavy atom. The van der Waals surface area contributed by atoms with Crippen LogP contribution in [-0.2, 0) is 11.3 Å². The van der Waals surface area contributed by atoms with Crippen LogP contribution in [0.1, 0.15) is 38.2 Å². The second-order valence-corrected chi connectivity index (χ2v) is 6.82. The van der Waals surface area contributed by atoms with Crippen LogP contribution in [0.5, 0.6) is 0 Å². The summed E-state index contributed by atoms with van der Waals surface area (Å²) in [6, 6.07) is 8.25. The standard InChI is InChI=1S/C17H25ClN2O/c1-13-6-8-16(9-7-13)20(2)12-17(21)19-11-14-4-3-5-15(18)10-14/h3-5,10,13,16H,6-9,11-12H2,1-2H3,(H,19,21)/p+1. The minimum atomic E-state index is 0.117. The fourth-order valence-corrected chi connectivity index (χ4v) is 3.27. The van der Waals surface area contributed by atoms with E-state index < -0.39 is 0 Å². The Hall–Kier alpha value is -1.06. The van der Waals surface area contributed by atoms with Gasteiger partial charge in [-0.3, -0.25) is 4.79 Å². The zero-order valence-electron chi connectivity index (χ0n) is 13.0. The first kappa shape index (κ1) is 16.3. The maximum Gasteiger partial charge on any atom is 0.275 e. The van der Waals surface area contributed by atoms with Crippen LogP contribution in [0.2, 0.25) is 5.02 Å². The topological polar surface area (TPSA) is 33.5 Å². The van der Waals surface area contributed by atoms with Gasteiger partial charge in [-0.15, -0.1) is 0 Å². The van der Waals surface area contributed by atoms with Gasteiger partial charge in [-0.1, -0.05) is 30.7 Å². The second kappa shape index (κ2) is 7.81. The van der Waals surface area contributed by atoms with Crippen LogP contribution in [-0.4, -0.2) is 25.5 Å². The molecule has 0 bridgehead atoms. The van der Waals surface area contributed by atoms with Crippen molar-refractivity contribution in [3.05, 3.63) is 34.9 Å². The molecule has 1 amide bonds. The van der Waals surface area contributed by atoms with Crippen LogP contribution >= 0.6 is 11.6 Å². The molecule has 2 rings (SSSR count).